The lowest BCUT2D eigenvalue weighted by molar-refractivity contribution is -0.117. The fourth-order valence-electron chi connectivity index (χ4n) is 2.20. The molecule has 0 saturated heterocycles. The van der Waals surface area contributed by atoms with Gasteiger partial charge in [0, 0.05) is 17.1 Å². The second kappa shape index (κ2) is 6.05. The van der Waals surface area contributed by atoms with E-state index in [9.17, 15) is 4.79 Å². The second-order valence-electron chi connectivity index (χ2n) is 5.34. The molecule has 0 radical (unpaired) electrons. The highest BCUT2D eigenvalue weighted by Crippen LogP contribution is 2.21. The third-order valence-electron chi connectivity index (χ3n) is 3.29. The summed E-state index contributed by atoms with van der Waals surface area (Å²) in [5.41, 5.74) is 7.59. The lowest BCUT2D eigenvalue weighted by Gasteiger charge is -2.12. The lowest BCUT2D eigenvalue weighted by Crippen LogP contribution is -2.35. The highest BCUT2D eigenvalue weighted by molar-refractivity contribution is 5.96. The van der Waals surface area contributed by atoms with Gasteiger partial charge in [-0.1, -0.05) is 13.3 Å². The Hall–Kier alpha value is -1.88. The van der Waals surface area contributed by atoms with Gasteiger partial charge in [-0.25, -0.2) is 0 Å². The van der Waals surface area contributed by atoms with Gasteiger partial charge in [0.2, 0.25) is 5.91 Å². The summed E-state index contributed by atoms with van der Waals surface area (Å²) in [4.78, 5) is 11.9. The summed E-state index contributed by atoms with van der Waals surface area (Å²) in [7, 11) is 0. The van der Waals surface area contributed by atoms with Crippen LogP contribution in [0.2, 0.25) is 0 Å². The van der Waals surface area contributed by atoms with E-state index in [0.29, 0.717) is 6.42 Å². The smallest absolute Gasteiger partial charge is 0.241 e. The van der Waals surface area contributed by atoms with Gasteiger partial charge in [0.25, 0.3) is 0 Å². The maximum absolute atomic E-state index is 11.9. The van der Waals surface area contributed by atoms with Gasteiger partial charge in [0.05, 0.1) is 17.8 Å². The van der Waals surface area contributed by atoms with Crippen LogP contribution in [0.1, 0.15) is 39.7 Å². The number of nitrogens with one attached hydrogen (secondary N) is 1. The summed E-state index contributed by atoms with van der Waals surface area (Å²) in [6, 6.07) is 5.61. The number of hydrogen-bond acceptors (Lipinski definition) is 3. The van der Waals surface area contributed by atoms with Gasteiger partial charge in [-0.15, -0.1) is 0 Å². The average molecular weight is 274 g/mol. The SMILES string of the molecule is CCCC(N)C(=O)Nc1ccc2cnn(C(C)C)c2c1. The number of hydrogen-bond donors (Lipinski definition) is 2. The van der Waals surface area contributed by atoms with Gasteiger partial charge in [-0.3, -0.25) is 9.48 Å². The van der Waals surface area contributed by atoms with Crippen LogP contribution in [-0.4, -0.2) is 21.7 Å². The van der Waals surface area contributed by atoms with E-state index in [2.05, 4.69) is 24.3 Å². The molecule has 1 unspecified atom stereocenters. The van der Waals surface area contributed by atoms with Crippen molar-refractivity contribution in [3.8, 4) is 0 Å². The number of carbonyl (C=O) groups excluding carboxylic acids is 1. The largest absolute Gasteiger partial charge is 0.325 e. The fraction of sp³-hybridized carbons (Fsp3) is 0.467. The van der Waals surface area contributed by atoms with Crippen LogP contribution in [0.4, 0.5) is 5.69 Å². The van der Waals surface area contributed by atoms with Crippen LogP contribution in [0.25, 0.3) is 10.9 Å². The lowest BCUT2D eigenvalue weighted by atomic mass is 10.1. The van der Waals surface area contributed by atoms with E-state index in [-0.39, 0.29) is 11.9 Å². The van der Waals surface area contributed by atoms with E-state index < -0.39 is 6.04 Å². The zero-order chi connectivity index (χ0) is 14.7. The number of aromatic nitrogens is 2. The molecule has 1 atom stereocenters. The van der Waals surface area contributed by atoms with Gasteiger partial charge in [0.15, 0.2) is 0 Å². The molecule has 1 aromatic heterocycles. The van der Waals surface area contributed by atoms with Crippen LogP contribution in [0, 0.1) is 0 Å². The molecule has 1 heterocycles. The van der Waals surface area contributed by atoms with Crippen LogP contribution >= 0.6 is 0 Å². The first-order chi connectivity index (χ1) is 9.52. The Balaban J connectivity index is 2.23. The van der Waals surface area contributed by atoms with Gasteiger partial charge in [-0.2, -0.15) is 5.10 Å². The number of fused-ring (bicyclic) bond motifs is 1. The monoisotopic (exact) mass is 274 g/mol. The average Bonchev–Trinajstić information content (AvgIpc) is 2.82. The maximum Gasteiger partial charge on any atom is 0.241 e. The summed E-state index contributed by atoms with van der Waals surface area (Å²) in [5.74, 6) is -0.137. The minimum Gasteiger partial charge on any atom is -0.325 e. The zero-order valence-electron chi connectivity index (χ0n) is 12.3. The fourth-order valence-corrected chi connectivity index (χ4v) is 2.20. The molecule has 1 aromatic carbocycles. The second-order valence-corrected chi connectivity index (χ2v) is 5.34. The molecule has 108 valence electrons. The molecule has 0 spiro atoms. The van der Waals surface area contributed by atoms with Crippen molar-refractivity contribution in [3.05, 3.63) is 24.4 Å². The number of carbonyl (C=O) groups is 1. The molecule has 3 N–H and O–H groups in total. The Morgan fingerprint density at radius 2 is 2.20 bits per heavy atom. The Kier molecular flexibility index (Phi) is 4.39. The minimum absolute atomic E-state index is 0.137. The molecule has 0 aliphatic heterocycles. The maximum atomic E-state index is 11.9. The van der Waals surface area contributed by atoms with E-state index in [1.54, 1.807) is 0 Å². The Morgan fingerprint density at radius 1 is 1.45 bits per heavy atom. The summed E-state index contributed by atoms with van der Waals surface area (Å²) < 4.78 is 1.94. The molecule has 2 aromatic rings. The van der Waals surface area contributed by atoms with Crippen molar-refractivity contribution in [2.24, 2.45) is 5.73 Å². The topological polar surface area (TPSA) is 72.9 Å². The van der Waals surface area contributed by atoms with Crippen molar-refractivity contribution in [2.75, 3.05) is 5.32 Å². The van der Waals surface area contributed by atoms with Crippen molar-refractivity contribution < 1.29 is 4.79 Å². The van der Waals surface area contributed by atoms with E-state index >= 15 is 0 Å². The Bertz CT molecular complexity index is 603. The molecule has 1 amide bonds. The van der Waals surface area contributed by atoms with Crippen LogP contribution in [0.5, 0.6) is 0 Å². The van der Waals surface area contributed by atoms with Gasteiger partial charge < -0.3 is 11.1 Å². The molecule has 0 aliphatic carbocycles. The molecule has 2 rings (SSSR count). The predicted octanol–water partition coefficient (Wildman–Crippen LogP) is 2.68. The van der Waals surface area contributed by atoms with E-state index in [0.717, 1.165) is 23.0 Å². The molecular weight excluding hydrogens is 252 g/mol. The number of rotatable bonds is 5. The number of nitrogens with two attached hydrogens (primary N) is 1. The summed E-state index contributed by atoms with van der Waals surface area (Å²) in [5, 5.41) is 8.29. The number of amides is 1. The summed E-state index contributed by atoms with van der Waals surface area (Å²) >= 11 is 0. The van der Waals surface area contributed by atoms with Gasteiger partial charge in [0.1, 0.15) is 0 Å². The van der Waals surface area contributed by atoms with Crippen molar-refractivity contribution in [3.63, 3.8) is 0 Å². The van der Waals surface area contributed by atoms with Crippen LogP contribution in [0.3, 0.4) is 0 Å². The number of nitrogens with zero attached hydrogens (tertiary/aromatic N) is 2. The van der Waals surface area contributed by atoms with Crippen molar-refractivity contribution in [1.29, 1.82) is 0 Å². The van der Waals surface area contributed by atoms with Gasteiger partial charge in [-0.05, 0) is 38.5 Å². The number of anilines is 1. The third kappa shape index (κ3) is 2.99. The van der Waals surface area contributed by atoms with E-state index in [1.165, 1.54) is 0 Å². The van der Waals surface area contributed by atoms with Crippen molar-refractivity contribution in [2.45, 2.75) is 45.7 Å². The molecule has 0 bridgehead atoms. The van der Waals surface area contributed by atoms with Gasteiger partial charge >= 0.3 is 0 Å². The highest BCUT2D eigenvalue weighted by Gasteiger charge is 2.13. The highest BCUT2D eigenvalue weighted by atomic mass is 16.2. The first kappa shape index (κ1) is 14.5. The Labute approximate surface area is 119 Å². The molecule has 20 heavy (non-hydrogen) atoms. The molecule has 0 fully saturated rings. The number of benzene rings is 1. The molecule has 0 aliphatic rings. The quantitative estimate of drug-likeness (QED) is 0.880. The normalized spacial score (nSPS) is 12.8. The van der Waals surface area contributed by atoms with Crippen LogP contribution in [0.15, 0.2) is 24.4 Å². The van der Waals surface area contributed by atoms with E-state index in [1.807, 2.05) is 36.0 Å². The zero-order valence-corrected chi connectivity index (χ0v) is 12.3. The summed E-state index contributed by atoms with van der Waals surface area (Å²) in [6.07, 6.45) is 3.43. The minimum atomic E-state index is -0.453. The first-order valence-corrected chi connectivity index (χ1v) is 7.06. The van der Waals surface area contributed by atoms with E-state index in [4.69, 9.17) is 5.73 Å². The van der Waals surface area contributed by atoms with Crippen molar-refractivity contribution >= 4 is 22.5 Å². The Morgan fingerprint density at radius 3 is 2.85 bits per heavy atom. The molecule has 5 nitrogen and oxygen atoms in total. The molecule has 0 saturated carbocycles. The third-order valence-corrected chi connectivity index (χ3v) is 3.29. The van der Waals surface area contributed by atoms with Crippen molar-refractivity contribution in [1.82, 2.24) is 9.78 Å². The molecular formula is C15H22N4O. The summed E-state index contributed by atoms with van der Waals surface area (Å²) in [6.45, 7) is 6.17. The molecule has 5 heteroatoms. The van der Waals surface area contributed by atoms with Crippen LogP contribution in [-0.2, 0) is 4.79 Å². The van der Waals surface area contributed by atoms with Crippen LogP contribution < -0.4 is 11.1 Å². The predicted molar refractivity (Wildman–Crippen MR) is 81.6 cm³/mol. The first-order valence-electron chi connectivity index (χ1n) is 7.06. The standard InChI is InChI=1S/C15H22N4O/c1-4-5-13(16)15(20)18-12-7-6-11-9-17-19(10(2)3)14(11)8-12/h6-10,13H,4-5,16H2,1-3H3,(H,18,20).